The van der Waals surface area contributed by atoms with Crippen LogP contribution in [0.15, 0.2) is 0 Å². The van der Waals surface area contributed by atoms with E-state index in [1.807, 2.05) is 0 Å². The van der Waals surface area contributed by atoms with Gasteiger partial charge in [0.2, 0.25) is 0 Å². The highest BCUT2D eigenvalue weighted by Gasteiger charge is 2.40. The number of rotatable bonds is 4. The summed E-state index contributed by atoms with van der Waals surface area (Å²) < 4.78 is 0. The smallest absolute Gasteiger partial charge is 0.0116 e. The Hall–Kier alpha value is -0.0800. The van der Waals surface area contributed by atoms with E-state index in [0.717, 1.165) is 24.0 Å². The van der Waals surface area contributed by atoms with Crippen LogP contribution in [0.3, 0.4) is 0 Å². The maximum atomic E-state index is 6.20. The molecule has 2 bridgehead atoms. The van der Waals surface area contributed by atoms with Crippen molar-refractivity contribution in [1.82, 2.24) is 4.90 Å². The number of hydrogen-bond donors (Lipinski definition) is 1. The molecule has 3 atom stereocenters. The lowest BCUT2D eigenvalue weighted by atomic mass is 9.79. The SMILES string of the molecule is CCC(CC)C(C)N1C2CCCC1CC(N)C2. The second kappa shape index (κ2) is 5.71. The molecule has 0 amide bonds. The third-order valence-electron chi connectivity index (χ3n) is 5.27. The third kappa shape index (κ3) is 2.68. The summed E-state index contributed by atoms with van der Waals surface area (Å²) in [5, 5.41) is 0. The molecule has 0 spiro atoms. The first-order chi connectivity index (χ1) is 8.17. The summed E-state index contributed by atoms with van der Waals surface area (Å²) in [7, 11) is 0. The van der Waals surface area contributed by atoms with Crippen LogP contribution >= 0.6 is 0 Å². The van der Waals surface area contributed by atoms with Crippen molar-refractivity contribution >= 4 is 0 Å². The molecule has 3 unspecified atom stereocenters. The fourth-order valence-electron chi connectivity index (χ4n) is 4.34. The van der Waals surface area contributed by atoms with Gasteiger partial charge in [0, 0.05) is 24.2 Å². The van der Waals surface area contributed by atoms with E-state index in [4.69, 9.17) is 5.73 Å². The molecule has 2 heteroatoms. The summed E-state index contributed by atoms with van der Waals surface area (Å²) in [6.45, 7) is 7.14. The lowest BCUT2D eigenvalue weighted by Crippen LogP contribution is -2.59. The van der Waals surface area contributed by atoms with E-state index in [1.54, 1.807) is 0 Å². The van der Waals surface area contributed by atoms with Crippen LogP contribution in [0.1, 0.15) is 65.7 Å². The molecule has 100 valence electrons. The van der Waals surface area contributed by atoms with Gasteiger partial charge in [-0.15, -0.1) is 0 Å². The second-order valence-corrected chi connectivity index (χ2v) is 6.23. The van der Waals surface area contributed by atoms with Gasteiger partial charge in [-0.05, 0) is 38.5 Å². The minimum Gasteiger partial charge on any atom is -0.328 e. The molecule has 17 heavy (non-hydrogen) atoms. The summed E-state index contributed by atoms with van der Waals surface area (Å²) in [4.78, 5) is 2.85. The zero-order valence-electron chi connectivity index (χ0n) is 11.9. The van der Waals surface area contributed by atoms with Gasteiger partial charge in [-0.3, -0.25) is 4.90 Å². The van der Waals surface area contributed by atoms with Gasteiger partial charge in [-0.25, -0.2) is 0 Å². The molecule has 2 nitrogen and oxygen atoms in total. The lowest BCUT2D eigenvalue weighted by molar-refractivity contribution is -0.0202. The van der Waals surface area contributed by atoms with E-state index in [9.17, 15) is 0 Å². The molecule has 0 aromatic heterocycles. The molecule has 2 saturated heterocycles. The zero-order valence-corrected chi connectivity index (χ0v) is 11.9. The molecule has 0 aliphatic carbocycles. The normalized spacial score (nSPS) is 36.2. The molecular weight excluding hydrogens is 208 g/mol. The molecule has 2 aliphatic heterocycles. The van der Waals surface area contributed by atoms with Crippen molar-refractivity contribution in [3.05, 3.63) is 0 Å². The monoisotopic (exact) mass is 238 g/mol. The van der Waals surface area contributed by atoms with Crippen LogP contribution < -0.4 is 5.73 Å². The molecule has 0 aromatic carbocycles. The van der Waals surface area contributed by atoms with Crippen molar-refractivity contribution in [2.24, 2.45) is 11.7 Å². The molecule has 0 radical (unpaired) electrons. The van der Waals surface area contributed by atoms with Gasteiger partial charge < -0.3 is 5.73 Å². The molecule has 2 heterocycles. The Balaban J connectivity index is 2.08. The van der Waals surface area contributed by atoms with E-state index < -0.39 is 0 Å². The number of piperidine rings is 2. The number of fused-ring (bicyclic) bond motifs is 2. The lowest BCUT2D eigenvalue weighted by Gasteiger charge is -2.52. The number of hydrogen-bond acceptors (Lipinski definition) is 2. The molecule has 2 rings (SSSR count). The summed E-state index contributed by atoms with van der Waals surface area (Å²) in [6, 6.07) is 2.80. The highest BCUT2D eigenvalue weighted by atomic mass is 15.2. The van der Waals surface area contributed by atoms with Gasteiger partial charge in [0.05, 0.1) is 0 Å². The third-order valence-corrected chi connectivity index (χ3v) is 5.27. The Morgan fingerprint density at radius 3 is 2.12 bits per heavy atom. The fraction of sp³-hybridized carbons (Fsp3) is 1.00. The summed E-state index contributed by atoms with van der Waals surface area (Å²) >= 11 is 0. The number of nitrogens with two attached hydrogens (primary N) is 1. The van der Waals surface area contributed by atoms with Crippen LogP contribution in [0.2, 0.25) is 0 Å². The van der Waals surface area contributed by atoms with Crippen molar-refractivity contribution in [1.29, 1.82) is 0 Å². The Morgan fingerprint density at radius 2 is 1.65 bits per heavy atom. The number of nitrogens with zero attached hydrogens (tertiary/aromatic N) is 1. The molecule has 2 N–H and O–H groups in total. The molecule has 2 fully saturated rings. The van der Waals surface area contributed by atoms with Gasteiger partial charge in [-0.1, -0.05) is 33.1 Å². The van der Waals surface area contributed by atoms with Gasteiger partial charge in [-0.2, -0.15) is 0 Å². The highest BCUT2D eigenvalue weighted by Crippen LogP contribution is 2.37. The summed E-state index contributed by atoms with van der Waals surface area (Å²) in [5.74, 6) is 0.868. The van der Waals surface area contributed by atoms with E-state index in [1.165, 1.54) is 44.9 Å². The predicted octanol–water partition coefficient (Wildman–Crippen LogP) is 3.16. The average Bonchev–Trinajstić information content (AvgIpc) is 2.29. The average molecular weight is 238 g/mol. The van der Waals surface area contributed by atoms with Crippen molar-refractivity contribution < 1.29 is 0 Å². The van der Waals surface area contributed by atoms with Gasteiger partial charge in [0.25, 0.3) is 0 Å². The van der Waals surface area contributed by atoms with Gasteiger partial charge >= 0.3 is 0 Å². The second-order valence-electron chi connectivity index (χ2n) is 6.23. The van der Waals surface area contributed by atoms with Crippen LogP contribution in [0, 0.1) is 5.92 Å². The quantitative estimate of drug-likeness (QED) is 0.815. The minimum atomic E-state index is 0.468. The molecule has 0 aromatic rings. The Bertz CT molecular complexity index is 223. The van der Waals surface area contributed by atoms with Crippen LogP contribution in [0.25, 0.3) is 0 Å². The maximum absolute atomic E-state index is 6.20. The van der Waals surface area contributed by atoms with Crippen LogP contribution in [0.4, 0.5) is 0 Å². The molecule has 2 aliphatic rings. The Labute approximate surface area is 107 Å². The zero-order chi connectivity index (χ0) is 12.4. The predicted molar refractivity (Wildman–Crippen MR) is 74.0 cm³/mol. The first-order valence-electron chi connectivity index (χ1n) is 7.70. The Kier molecular flexibility index (Phi) is 4.48. The van der Waals surface area contributed by atoms with Gasteiger partial charge in [0.15, 0.2) is 0 Å². The molecular formula is C15H30N2. The first kappa shape index (κ1) is 13.4. The maximum Gasteiger partial charge on any atom is 0.0116 e. The topological polar surface area (TPSA) is 29.3 Å². The largest absolute Gasteiger partial charge is 0.328 e. The Morgan fingerprint density at radius 1 is 1.12 bits per heavy atom. The molecule has 0 saturated carbocycles. The van der Waals surface area contributed by atoms with E-state index >= 15 is 0 Å². The van der Waals surface area contributed by atoms with E-state index in [-0.39, 0.29) is 0 Å². The first-order valence-corrected chi connectivity index (χ1v) is 7.70. The standard InChI is InChI=1S/C15H30N2/c1-4-12(5-2)11(3)17-14-7-6-8-15(17)10-13(16)9-14/h11-15H,4-10,16H2,1-3H3. The van der Waals surface area contributed by atoms with Crippen molar-refractivity contribution in [2.75, 3.05) is 0 Å². The fourth-order valence-corrected chi connectivity index (χ4v) is 4.34. The van der Waals surface area contributed by atoms with E-state index in [2.05, 4.69) is 25.7 Å². The van der Waals surface area contributed by atoms with Crippen molar-refractivity contribution in [2.45, 2.75) is 89.9 Å². The highest BCUT2D eigenvalue weighted by molar-refractivity contribution is 4.97. The van der Waals surface area contributed by atoms with Crippen LogP contribution in [0.5, 0.6) is 0 Å². The minimum absolute atomic E-state index is 0.468. The summed E-state index contributed by atoms with van der Waals surface area (Å²) in [5.41, 5.74) is 6.20. The van der Waals surface area contributed by atoms with E-state index in [0.29, 0.717) is 6.04 Å². The van der Waals surface area contributed by atoms with Gasteiger partial charge in [0.1, 0.15) is 0 Å². The van der Waals surface area contributed by atoms with Crippen LogP contribution in [-0.2, 0) is 0 Å². The summed E-state index contributed by atoms with van der Waals surface area (Å²) in [6.07, 6.45) is 9.30. The van der Waals surface area contributed by atoms with Crippen LogP contribution in [-0.4, -0.2) is 29.1 Å². The van der Waals surface area contributed by atoms with Crippen molar-refractivity contribution in [3.63, 3.8) is 0 Å². The van der Waals surface area contributed by atoms with Crippen molar-refractivity contribution in [3.8, 4) is 0 Å².